The number of aromatic amines is 1. The first-order valence-corrected chi connectivity index (χ1v) is 5.29. The van der Waals surface area contributed by atoms with Gasteiger partial charge in [-0.15, -0.1) is 0 Å². The Morgan fingerprint density at radius 3 is 2.59 bits per heavy atom. The van der Waals surface area contributed by atoms with Crippen LogP contribution in [0.25, 0.3) is 12.3 Å². The maximum atomic E-state index is 11.5. The zero-order valence-electron chi connectivity index (χ0n) is 9.81. The minimum absolute atomic E-state index is 0.360. The van der Waals surface area contributed by atoms with Crippen molar-refractivity contribution in [1.29, 1.82) is 0 Å². The Kier molecular flexibility index (Phi) is 3.14. The summed E-state index contributed by atoms with van der Waals surface area (Å²) < 4.78 is 5.09. The van der Waals surface area contributed by atoms with Crippen molar-refractivity contribution < 1.29 is 4.42 Å². The Labute approximate surface area is 98.5 Å². The lowest BCUT2D eigenvalue weighted by atomic mass is 10.2. The third kappa shape index (κ3) is 2.87. The molecule has 0 aliphatic carbocycles. The molecule has 0 bridgehead atoms. The standard InChI is InChI=1S/C13H14N2O2/c1-15(2)9-11-13(16)17-12(14-11)8-10-6-4-3-5-7-10/h3-9,14H,1-2H3. The van der Waals surface area contributed by atoms with Gasteiger partial charge in [0.2, 0.25) is 5.55 Å². The Balaban J connectivity index is 2.49. The summed E-state index contributed by atoms with van der Waals surface area (Å²) in [7, 11) is 3.70. The van der Waals surface area contributed by atoms with Crippen LogP contribution < -0.4 is 16.5 Å². The molecule has 2 aromatic rings. The fraction of sp³-hybridized carbons (Fsp3) is 0.154. The summed E-state index contributed by atoms with van der Waals surface area (Å²) in [6.45, 7) is 0. The molecule has 0 aliphatic heterocycles. The molecule has 88 valence electrons. The van der Waals surface area contributed by atoms with E-state index in [9.17, 15) is 4.79 Å². The van der Waals surface area contributed by atoms with Crippen LogP contribution in [0.1, 0.15) is 5.56 Å². The van der Waals surface area contributed by atoms with Crippen molar-refractivity contribution in [2.75, 3.05) is 14.1 Å². The molecule has 1 aromatic heterocycles. The Morgan fingerprint density at radius 2 is 1.94 bits per heavy atom. The minimum Gasteiger partial charge on any atom is -0.405 e. The van der Waals surface area contributed by atoms with E-state index in [2.05, 4.69) is 4.98 Å². The average Bonchev–Trinajstić information content (AvgIpc) is 2.59. The van der Waals surface area contributed by atoms with Crippen molar-refractivity contribution in [1.82, 2.24) is 9.88 Å². The predicted molar refractivity (Wildman–Crippen MR) is 66.7 cm³/mol. The van der Waals surface area contributed by atoms with E-state index in [-0.39, 0.29) is 5.63 Å². The van der Waals surface area contributed by atoms with Gasteiger partial charge in [-0.2, -0.15) is 0 Å². The van der Waals surface area contributed by atoms with Crippen molar-refractivity contribution >= 4 is 12.3 Å². The molecule has 2 rings (SSSR count). The van der Waals surface area contributed by atoms with Crippen LogP contribution in [0.2, 0.25) is 0 Å². The van der Waals surface area contributed by atoms with Crippen LogP contribution in [0.4, 0.5) is 0 Å². The van der Waals surface area contributed by atoms with Gasteiger partial charge in [-0.1, -0.05) is 30.3 Å². The smallest absolute Gasteiger partial charge is 0.363 e. The summed E-state index contributed by atoms with van der Waals surface area (Å²) in [6.07, 6.45) is 3.47. The van der Waals surface area contributed by atoms with Crippen molar-refractivity contribution in [3.63, 3.8) is 0 Å². The molecule has 4 nitrogen and oxygen atoms in total. The molecule has 1 N–H and O–H groups in total. The number of hydrogen-bond donors (Lipinski definition) is 1. The molecule has 4 heteroatoms. The number of hydrogen-bond acceptors (Lipinski definition) is 3. The molecule has 0 saturated carbocycles. The summed E-state index contributed by atoms with van der Waals surface area (Å²) in [4.78, 5) is 16.2. The second-order valence-electron chi connectivity index (χ2n) is 3.94. The van der Waals surface area contributed by atoms with Crippen molar-refractivity contribution in [2.24, 2.45) is 0 Å². The van der Waals surface area contributed by atoms with Crippen LogP contribution in [0.5, 0.6) is 0 Å². The molecular formula is C13H14N2O2. The molecule has 0 fully saturated rings. The number of oxazole rings is 1. The first-order valence-electron chi connectivity index (χ1n) is 5.29. The monoisotopic (exact) mass is 230 g/mol. The SMILES string of the molecule is CN(C)C=c1[nH]c(=Cc2ccccc2)oc1=O. The second kappa shape index (κ2) is 4.74. The van der Waals surface area contributed by atoms with Gasteiger partial charge in [-0.05, 0) is 5.56 Å². The summed E-state index contributed by atoms with van der Waals surface area (Å²) in [5.74, 6) is 0. The zero-order valence-corrected chi connectivity index (χ0v) is 9.81. The second-order valence-corrected chi connectivity index (χ2v) is 3.94. The lowest BCUT2D eigenvalue weighted by molar-refractivity contribution is 0.486. The lowest BCUT2D eigenvalue weighted by Crippen LogP contribution is -2.24. The van der Waals surface area contributed by atoms with Gasteiger partial charge < -0.3 is 14.3 Å². The number of rotatable bonds is 2. The van der Waals surface area contributed by atoms with Crippen LogP contribution in [-0.2, 0) is 0 Å². The third-order valence-corrected chi connectivity index (χ3v) is 2.17. The largest absolute Gasteiger partial charge is 0.405 e. The van der Waals surface area contributed by atoms with Crippen LogP contribution in [0.3, 0.4) is 0 Å². The number of nitrogens with one attached hydrogen (secondary N) is 1. The van der Waals surface area contributed by atoms with E-state index in [1.807, 2.05) is 44.4 Å². The fourth-order valence-electron chi connectivity index (χ4n) is 1.47. The number of H-pyrrole nitrogens is 1. The van der Waals surface area contributed by atoms with Crippen LogP contribution in [0.15, 0.2) is 39.5 Å². The highest BCUT2D eigenvalue weighted by Gasteiger charge is 1.95. The van der Waals surface area contributed by atoms with Gasteiger partial charge in [0.1, 0.15) is 5.35 Å². The highest BCUT2D eigenvalue weighted by atomic mass is 16.4. The maximum absolute atomic E-state index is 11.5. The maximum Gasteiger partial charge on any atom is 0.363 e. The topological polar surface area (TPSA) is 49.2 Å². The number of nitrogens with zero attached hydrogens (tertiary/aromatic N) is 1. The van der Waals surface area contributed by atoms with E-state index in [1.165, 1.54) is 0 Å². The van der Waals surface area contributed by atoms with E-state index in [1.54, 1.807) is 17.2 Å². The molecular weight excluding hydrogens is 216 g/mol. The van der Waals surface area contributed by atoms with E-state index in [0.717, 1.165) is 5.56 Å². The first-order chi connectivity index (χ1) is 8.15. The van der Waals surface area contributed by atoms with Gasteiger partial charge in [-0.3, -0.25) is 0 Å². The highest BCUT2D eigenvalue weighted by molar-refractivity contribution is 5.46. The molecule has 1 heterocycles. The fourth-order valence-corrected chi connectivity index (χ4v) is 1.47. The summed E-state index contributed by atoms with van der Waals surface area (Å²) in [5, 5.41) is 0.442. The van der Waals surface area contributed by atoms with Gasteiger partial charge in [0.25, 0.3) is 0 Å². The van der Waals surface area contributed by atoms with E-state index >= 15 is 0 Å². The Hall–Kier alpha value is -2.23. The molecule has 1 aromatic carbocycles. The zero-order chi connectivity index (χ0) is 12.3. The van der Waals surface area contributed by atoms with Crippen molar-refractivity contribution in [3.8, 4) is 0 Å². The molecule has 0 atom stereocenters. The number of aromatic nitrogens is 1. The number of benzene rings is 1. The van der Waals surface area contributed by atoms with Gasteiger partial charge in [0, 0.05) is 26.4 Å². The minimum atomic E-state index is -0.360. The van der Waals surface area contributed by atoms with Crippen LogP contribution >= 0.6 is 0 Å². The summed E-state index contributed by atoms with van der Waals surface area (Å²) in [6, 6.07) is 9.68. The molecule has 0 amide bonds. The molecule has 0 aliphatic rings. The normalized spacial score (nSPS) is 13.1. The lowest BCUT2D eigenvalue weighted by Gasteiger charge is -1.99. The van der Waals surface area contributed by atoms with E-state index < -0.39 is 0 Å². The average molecular weight is 230 g/mol. The predicted octanol–water partition coefficient (Wildman–Crippen LogP) is 0.0963. The summed E-state index contributed by atoms with van der Waals surface area (Å²) >= 11 is 0. The Bertz CT molecular complexity index is 651. The molecule has 0 unspecified atom stereocenters. The molecule has 0 radical (unpaired) electrons. The molecule has 0 saturated heterocycles. The summed E-state index contributed by atoms with van der Waals surface area (Å²) in [5.41, 5.74) is 1.07. The molecule has 17 heavy (non-hydrogen) atoms. The van der Waals surface area contributed by atoms with Gasteiger partial charge >= 0.3 is 5.63 Å². The first kappa shape index (κ1) is 11.3. The van der Waals surface area contributed by atoms with Crippen molar-refractivity contribution in [2.45, 2.75) is 0 Å². The van der Waals surface area contributed by atoms with Gasteiger partial charge in [0.15, 0.2) is 0 Å². The van der Waals surface area contributed by atoms with E-state index in [0.29, 0.717) is 10.9 Å². The van der Waals surface area contributed by atoms with Crippen LogP contribution in [0, 0.1) is 0 Å². The van der Waals surface area contributed by atoms with E-state index in [4.69, 9.17) is 4.42 Å². The quantitative estimate of drug-likeness (QED) is 0.796. The van der Waals surface area contributed by atoms with Gasteiger partial charge in [-0.25, -0.2) is 4.79 Å². The van der Waals surface area contributed by atoms with Crippen LogP contribution in [-0.4, -0.2) is 24.0 Å². The Morgan fingerprint density at radius 1 is 1.24 bits per heavy atom. The van der Waals surface area contributed by atoms with Crippen molar-refractivity contribution in [3.05, 3.63) is 57.2 Å². The highest BCUT2D eigenvalue weighted by Crippen LogP contribution is 1.97. The van der Waals surface area contributed by atoms with Gasteiger partial charge in [0.05, 0.1) is 0 Å². The molecule has 0 spiro atoms. The third-order valence-electron chi connectivity index (χ3n) is 2.17.